The minimum atomic E-state index is -0.134. The number of methoxy groups -OCH3 is 2. The van der Waals surface area contributed by atoms with Gasteiger partial charge in [-0.25, -0.2) is 0 Å². The van der Waals surface area contributed by atoms with Crippen LogP contribution in [0, 0.1) is 0 Å². The highest BCUT2D eigenvalue weighted by atomic mass is 16.5. The number of para-hydroxylation sites is 1. The first-order valence-corrected chi connectivity index (χ1v) is 5.70. The van der Waals surface area contributed by atoms with E-state index in [0.717, 1.165) is 5.56 Å². The molecule has 18 heavy (non-hydrogen) atoms. The van der Waals surface area contributed by atoms with Crippen molar-refractivity contribution in [1.29, 1.82) is 0 Å². The second-order valence-corrected chi connectivity index (χ2v) is 4.03. The maximum atomic E-state index is 11.6. The molecule has 1 aliphatic rings. The lowest BCUT2D eigenvalue weighted by molar-refractivity contribution is -0.139. The molecule has 2 rings (SSSR count). The van der Waals surface area contributed by atoms with Crippen LogP contribution in [0.25, 0.3) is 0 Å². The lowest BCUT2D eigenvalue weighted by Crippen LogP contribution is -2.28. The van der Waals surface area contributed by atoms with E-state index in [1.54, 1.807) is 13.2 Å². The number of imide groups is 1. The van der Waals surface area contributed by atoms with Gasteiger partial charge < -0.3 is 9.47 Å². The largest absolute Gasteiger partial charge is 0.493 e. The normalized spacial score (nSPS) is 15.1. The van der Waals surface area contributed by atoms with Gasteiger partial charge in [0.15, 0.2) is 11.5 Å². The second-order valence-electron chi connectivity index (χ2n) is 4.03. The summed E-state index contributed by atoms with van der Waals surface area (Å²) in [4.78, 5) is 24.4. The van der Waals surface area contributed by atoms with Crippen molar-refractivity contribution in [3.05, 3.63) is 23.8 Å². The number of likely N-dealkylation sites (tertiary alicyclic amines) is 1. The fourth-order valence-electron chi connectivity index (χ4n) is 2.05. The van der Waals surface area contributed by atoms with Crippen molar-refractivity contribution < 1.29 is 19.1 Å². The van der Waals surface area contributed by atoms with Gasteiger partial charge in [0, 0.05) is 18.4 Å². The molecule has 0 spiro atoms. The molecule has 1 heterocycles. The summed E-state index contributed by atoms with van der Waals surface area (Å²) in [5, 5.41) is 0. The molecule has 96 valence electrons. The van der Waals surface area contributed by atoms with E-state index in [1.165, 1.54) is 12.0 Å². The van der Waals surface area contributed by atoms with Crippen molar-refractivity contribution in [2.75, 3.05) is 14.2 Å². The van der Waals surface area contributed by atoms with Crippen LogP contribution in [0.15, 0.2) is 18.2 Å². The summed E-state index contributed by atoms with van der Waals surface area (Å²) in [6.07, 6.45) is 0.593. The molecular formula is C13H15NO4. The molecule has 5 nitrogen and oxygen atoms in total. The zero-order valence-electron chi connectivity index (χ0n) is 10.4. The number of hydrogen-bond donors (Lipinski definition) is 0. The molecule has 0 aliphatic carbocycles. The Morgan fingerprint density at radius 1 is 1.11 bits per heavy atom. The molecular weight excluding hydrogens is 234 g/mol. The average molecular weight is 249 g/mol. The first-order chi connectivity index (χ1) is 8.67. The Morgan fingerprint density at radius 2 is 1.78 bits per heavy atom. The van der Waals surface area contributed by atoms with Crippen LogP contribution < -0.4 is 9.47 Å². The zero-order valence-corrected chi connectivity index (χ0v) is 10.4. The smallest absolute Gasteiger partial charge is 0.230 e. The number of amides is 2. The molecule has 2 amide bonds. The minimum absolute atomic E-state index is 0.134. The fourth-order valence-corrected chi connectivity index (χ4v) is 2.05. The molecule has 1 aliphatic heterocycles. The minimum Gasteiger partial charge on any atom is -0.493 e. The van der Waals surface area contributed by atoms with Gasteiger partial charge in [0.1, 0.15) is 0 Å². The maximum absolute atomic E-state index is 11.6. The highest BCUT2D eigenvalue weighted by molar-refractivity contribution is 6.01. The molecule has 0 aromatic heterocycles. The van der Waals surface area contributed by atoms with E-state index in [2.05, 4.69) is 0 Å². The maximum Gasteiger partial charge on any atom is 0.230 e. The fraction of sp³-hybridized carbons (Fsp3) is 0.385. The third-order valence-electron chi connectivity index (χ3n) is 2.97. The summed E-state index contributed by atoms with van der Waals surface area (Å²) in [5.41, 5.74) is 0.764. The van der Waals surface area contributed by atoms with E-state index in [1.807, 2.05) is 12.1 Å². The standard InChI is InChI=1S/C13H15NO4/c1-17-10-5-3-4-9(13(10)18-2)8-14-11(15)6-7-12(14)16/h3-5H,6-8H2,1-2H3. The zero-order chi connectivity index (χ0) is 13.1. The summed E-state index contributed by atoms with van der Waals surface area (Å²) in [6.45, 7) is 0.234. The Balaban J connectivity index is 2.28. The molecule has 0 bridgehead atoms. The van der Waals surface area contributed by atoms with Crippen LogP contribution >= 0.6 is 0 Å². The number of nitrogens with zero attached hydrogens (tertiary/aromatic N) is 1. The first kappa shape index (κ1) is 12.4. The van der Waals surface area contributed by atoms with Gasteiger partial charge in [-0.05, 0) is 6.07 Å². The number of rotatable bonds is 4. The summed E-state index contributed by atoms with van der Waals surface area (Å²) in [7, 11) is 3.09. The van der Waals surface area contributed by atoms with E-state index < -0.39 is 0 Å². The second kappa shape index (κ2) is 5.08. The third-order valence-corrected chi connectivity index (χ3v) is 2.97. The highest BCUT2D eigenvalue weighted by Gasteiger charge is 2.29. The molecule has 0 N–H and O–H groups in total. The highest BCUT2D eigenvalue weighted by Crippen LogP contribution is 2.32. The van der Waals surface area contributed by atoms with Crippen molar-refractivity contribution in [2.24, 2.45) is 0 Å². The predicted octanol–water partition coefficient (Wildman–Crippen LogP) is 1.35. The van der Waals surface area contributed by atoms with Crippen molar-refractivity contribution in [3.8, 4) is 11.5 Å². The van der Waals surface area contributed by atoms with E-state index in [9.17, 15) is 9.59 Å². The summed E-state index contributed by atoms with van der Waals surface area (Å²) >= 11 is 0. The molecule has 1 aromatic carbocycles. The lowest BCUT2D eigenvalue weighted by atomic mass is 10.1. The Morgan fingerprint density at radius 3 is 2.33 bits per heavy atom. The van der Waals surface area contributed by atoms with Crippen LogP contribution in [0.5, 0.6) is 11.5 Å². The number of benzene rings is 1. The van der Waals surface area contributed by atoms with Gasteiger partial charge in [0.25, 0.3) is 0 Å². The summed E-state index contributed by atoms with van der Waals surface area (Å²) < 4.78 is 10.5. The first-order valence-electron chi connectivity index (χ1n) is 5.70. The topological polar surface area (TPSA) is 55.8 Å². The van der Waals surface area contributed by atoms with Gasteiger partial charge in [-0.1, -0.05) is 12.1 Å². The third kappa shape index (κ3) is 2.16. The molecule has 0 atom stereocenters. The van der Waals surface area contributed by atoms with Gasteiger partial charge in [0.05, 0.1) is 20.8 Å². The molecule has 0 unspecified atom stereocenters. The van der Waals surface area contributed by atoms with Crippen molar-refractivity contribution >= 4 is 11.8 Å². The van der Waals surface area contributed by atoms with E-state index in [0.29, 0.717) is 24.3 Å². The number of carbonyl (C=O) groups excluding carboxylic acids is 2. The Labute approximate surface area is 105 Å². The van der Waals surface area contributed by atoms with Gasteiger partial charge in [-0.3, -0.25) is 14.5 Å². The molecule has 1 fully saturated rings. The van der Waals surface area contributed by atoms with Crippen molar-refractivity contribution in [3.63, 3.8) is 0 Å². The Kier molecular flexibility index (Phi) is 3.50. The quantitative estimate of drug-likeness (QED) is 0.756. The number of ether oxygens (including phenoxy) is 2. The van der Waals surface area contributed by atoms with Gasteiger partial charge in [-0.15, -0.1) is 0 Å². The number of carbonyl (C=O) groups is 2. The van der Waals surface area contributed by atoms with Crippen LogP contribution in [0.4, 0.5) is 0 Å². The van der Waals surface area contributed by atoms with Crippen molar-refractivity contribution in [2.45, 2.75) is 19.4 Å². The Bertz CT molecular complexity index is 468. The van der Waals surface area contributed by atoms with Crippen molar-refractivity contribution in [1.82, 2.24) is 4.90 Å². The summed E-state index contributed by atoms with van der Waals surface area (Å²) in [5.74, 6) is 0.886. The van der Waals surface area contributed by atoms with Crippen LogP contribution in [-0.4, -0.2) is 30.9 Å². The summed E-state index contributed by atoms with van der Waals surface area (Å²) in [6, 6.07) is 5.40. The van der Waals surface area contributed by atoms with E-state index in [4.69, 9.17) is 9.47 Å². The Hall–Kier alpha value is -2.04. The lowest BCUT2D eigenvalue weighted by Gasteiger charge is -2.17. The van der Waals surface area contributed by atoms with Crippen LogP contribution in [0.2, 0.25) is 0 Å². The van der Waals surface area contributed by atoms with Gasteiger partial charge in [0.2, 0.25) is 11.8 Å². The molecule has 1 aromatic rings. The van der Waals surface area contributed by atoms with E-state index in [-0.39, 0.29) is 18.4 Å². The average Bonchev–Trinajstić information content (AvgIpc) is 2.70. The number of hydrogen-bond acceptors (Lipinski definition) is 4. The monoisotopic (exact) mass is 249 g/mol. The van der Waals surface area contributed by atoms with Crippen LogP contribution in [0.1, 0.15) is 18.4 Å². The SMILES string of the molecule is COc1cccc(CN2C(=O)CCC2=O)c1OC. The van der Waals surface area contributed by atoms with Crippen LogP contribution in [0.3, 0.4) is 0 Å². The van der Waals surface area contributed by atoms with Gasteiger partial charge in [-0.2, -0.15) is 0 Å². The van der Waals surface area contributed by atoms with Crippen LogP contribution in [-0.2, 0) is 16.1 Å². The van der Waals surface area contributed by atoms with E-state index >= 15 is 0 Å². The molecule has 0 saturated carbocycles. The molecule has 5 heteroatoms. The predicted molar refractivity (Wildman–Crippen MR) is 64.3 cm³/mol. The molecule has 1 saturated heterocycles. The van der Waals surface area contributed by atoms with Gasteiger partial charge >= 0.3 is 0 Å². The molecule has 0 radical (unpaired) electrons.